The van der Waals surface area contributed by atoms with Crippen molar-refractivity contribution in [3.8, 4) is 5.75 Å². The van der Waals surface area contributed by atoms with E-state index in [1.165, 1.54) is 5.56 Å². The number of aryl methyl sites for hydroxylation is 1. The van der Waals surface area contributed by atoms with E-state index in [2.05, 4.69) is 12.1 Å². The molecule has 4 heteroatoms. The van der Waals surface area contributed by atoms with Crippen molar-refractivity contribution in [2.24, 2.45) is 0 Å². The van der Waals surface area contributed by atoms with E-state index in [-0.39, 0.29) is 5.90 Å². The smallest absolute Gasteiger partial charge is 0.224 e. The molecule has 0 atom stereocenters. The number of aromatic nitrogens is 1. The number of hydrogen-bond acceptors (Lipinski definition) is 3. The van der Waals surface area contributed by atoms with Gasteiger partial charge in [0.1, 0.15) is 5.52 Å². The predicted octanol–water partition coefficient (Wildman–Crippen LogP) is 2.70. The Labute approximate surface area is 81.3 Å². The first kappa shape index (κ1) is 8.87. The fourth-order valence-corrected chi connectivity index (χ4v) is 1.41. The van der Waals surface area contributed by atoms with Crippen LogP contribution in [-0.2, 0) is 6.42 Å². The van der Waals surface area contributed by atoms with E-state index in [4.69, 9.17) is 14.7 Å². The average Bonchev–Trinajstić information content (AvgIpc) is 2.06. The first-order chi connectivity index (χ1) is 6.72. The van der Waals surface area contributed by atoms with E-state index in [1.54, 1.807) is 6.92 Å². The van der Waals surface area contributed by atoms with Crippen LogP contribution in [-0.4, -0.2) is 11.1 Å². The quantitative estimate of drug-likeness (QED) is 0.567. The highest BCUT2D eigenvalue weighted by molar-refractivity contribution is 5.86. The minimum atomic E-state index is 0.159. The second-order valence-corrected chi connectivity index (χ2v) is 3.14. The minimum Gasteiger partial charge on any atom is -0.440 e. The standard InChI is InChI=1S/C10H12N2O2/c1-3-7-4-5-8(13-6(2)11)10-9(7)12-14-10/h4-5,11-12H,3H2,1-2H3. The molecule has 0 saturated heterocycles. The van der Waals surface area contributed by atoms with E-state index in [1.807, 2.05) is 12.1 Å². The third-order valence-electron chi connectivity index (χ3n) is 2.11. The van der Waals surface area contributed by atoms with Crippen molar-refractivity contribution in [1.29, 1.82) is 5.41 Å². The van der Waals surface area contributed by atoms with Crippen LogP contribution >= 0.6 is 0 Å². The summed E-state index contributed by atoms with van der Waals surface area (Å²) in [6.07, 6.45) is 0.947. The molecule has 74 valence electrons. The van der Waals surface area contributed by atoms with Crippen LogP contribution in [0.1, 0.15) is 19.4 Å². The van der Waals surface area contributed by atoms with Crippen LogP contribution in [0.3, 0.4) is 0 Å². The van der Waals surface area contributed by atoms with Crippen LogP contribution in [0.2, 0.25) is 0 Å². The molecule has 0 aliphatic heterocycles. The van der Waals surface area contributed by atoms with Gasteiger partial charge in [-0.2, -0.15) is 0 Å². The fourth-order valence-electron chi connectivity index (χ4n) is 1.41. The summed E-state index contributed by atoms with van der Waals surface area (Å²) in [6, 6.07) is 3.81. The number of hydrogen-bond donors (Lipinski definition) is 2. The predicted molar refractivity (Wildman–Crippen MR) is 54.0 cm³/mol. The van der Waals surface area contributed by atoms with E-state index in [9.17, 15) is 0 Å². The molecular weight excluding hydrogens is 180 g/mol. The van der Waals surface area contributed by atoms with Crippen LogP contribution in [0, 0.1) is 5.41 Å². The van der Waals surface area contributed by atoms with Crippen molar-refractivity contribution in [2.75, 3.05) is 0 Å². The molecule has 0 unspecified atom stereocenters. The summed E-state index contributed by atoms with van der Waals surface area (Å²) >= 11 is 0. The van der Waals surface area contributed by atoms with E-state index in [0.29, 0.717) is 11.3 Å². The number of fused-ring (bicyclic) bond motifs is 1. The highest BCUT2D eigenvalue weighted by Crippen LogP contribution is 2.29. The Kier molecular flexibility index (Phi) is 2.04. The van der Waals surface area contributed by atoms with Gasteiger partial charge in [0.15, 0.2) is 11.6 Å². The van der Waals surface area contributed by atoms with Crippen LogP contribution in [0.25, 0.3) is 11.1 Å². The molecule has 1 heterocycles. The summed E-state index contributed by atoms with van der Waals surface area (Å²) in [5.74, 6) is 0.760. The summed E-state index contributed by atoms with van der Waals surface area (Å²) in [7, 11) is 0. The fraction of sp³-hybridized carbons (Fsp3) is 0.300. The lowest BCUT2D eigenvalue weighted by molar-refractivity contribution is 0.407. The molecule has 0 aliphatic carbocycles. The molecular formula is C10H12N2O2. The molecule has 0 amide bonds. The zero-order valence-electron chi connectivity index (χ0n) is 8.18. The van der Waals surface area contributed by atoms with Gasteiger partial charge in [0.2, 0.25) is 5.58 Å². The zero-order chi connectivity index (χ0) is 10.1. The molecule has 2 aromatic rings. The average molecular weight is 192 g/mol. The second-order valence-electron chi connectivity index (χ2n) is 3.14. The highest BCUT2D eigenvalue weighted by atomic mass is 16.5. The normalized spacial score (nSPS) is 10.7. The lowest BCUT2D eigenvalue weighted by Gasteiger charge is -2.10. The number of ether oxygens (including phenoxy) is 1. The molecule has 0 saturated carbocycles. The van der Waals surface area contributed by atoms with Gasteiger partial charge in [-0.15, -0.1) is 0 Å². The largest absolute Gasteiger partial charge is 0.440 e. The molecule has 1 aromatic carbocycles. The summed E-state index contributed by atoms with van der Waals surface area (Å²) in [5.41, 5.74) is 2.88. The molecule has 2 rings (SSSR count). The minimum absolute atomic E-state index is 0.159. The van der Waals surface area contributed by atoms with Crippen LogP contribution in [0.4, 0.5) is 0 Å². The molecule has 14 heavy (non-hydrogen) atoms. The molecule has 0 spiro atoms. The van der Waals surface area contributed by atoms with Crippen LogP contribution < -0.4 is 4.74 Å². The third kappa shape index (κ3) is 1.28. The summed E-state index contributed by atoms with van der Waals surface area (Å²) in [6.45, 7) is 3.67. The Hall–Kier alpha value is -1.71. The van der Waals surface area contributed by atoms with Gasteiger partial charge in [-0.05, 0) is 18.1 Å². The molecule has 2 N–H and O–H groups in total. The number of benzene rings is 1. The van der Waals surface area contributed by atoms with Crippen LogP contribution in [0.5, 0.6) is 5.75 Å². The van der Waals surface area contributed by atoms with Gasteiger partial charge < -0.3 is 9.26 Å². The van der Waals surface area contributed by atoms with Crippen molar-refractivity contribution in [3.05, 3.63) is 17.7 Å². The van der Waals surface area contributed by atoms with Gasteiger partial charge in [0.25, 0.3) is 0 Å². The van der Waals surface area contributed by atoms with E-state index < -0.39 is 0 Å². The number of rotatable bonds is 2. The number of nitrogens with one attached hydrogen (secondary N) is 2. The van der Waals surface area contributed by atoms with Gasteiger partial charge in [-0.25, -0.2) is 5.16 Å². The Morgan fingerprint density at radius 3 is 2.86 bits per heavy atom. The monoisotopic (exact) mass is 192 g/mol. The third-order valence-corrected chi connectivity index (χ3v) is 2.11. The Morgan fingerprint density at radius 1 is 1.57 bits per heavy atom. The zero-order valence-corrected chi connectivity index (χ0v) is 8.18. The van der Waals surface area contributed by atoms with Crippen molar-refractivity contribution in [3.63, 3.8) is 0 Å². The van der Waals surface area contributed by atoms with E-state index in [0.717, 1.165) is 11.9 Å². The summed E-state index contributed by atoms with van der Waals surface area (Å²) in [4.78, 5) is 0. The molecule has 1 aromatic heterocycles. The Morgan fingerprint density at radius 2 is 2.36 bits per heavy atom. The maximum absolute atomic E-state index is 7.22. The molecule has 0 aliphatic rings. The Balaban J connectivity index is 2.45. The lowest BCUT2D eigenvalue weighted by atomic mass is 10.1. The maximum atomic E-state index is 7.22. The van der Waals surface area contributed by atoms with Gasteiger partial charge in [0.05, 0.1) is 0 Å². The van der Waals surface area contributed by atoms with E-state index >= 15 is 0 Å². The summed E-state index contributed by atoms with van der Waals surface area (Å²) < 4.78 is 10.3. The topological polar surface area (TPSA) is 62.0 Å². The molecule has 0 bridgehead atoms. The van der Waals surface area contributed by atoms with Gasteiger partial charge in [-0.1, -0.05) is 13.0 Å². The second kappa shape index (κ2) is 3.21. The Bertz CT molecular complexity index is 467. The van der Waals surface area contributed by atoms with Crippen molar-refractivity contribution >= 4 is 17.0 Å². The van der Waals surface area contributed by atoms with Crippen LogP contribution in [0.15, 0.2) is 16.7 Å². The van der Waals surface area contributed by atoms with Gasteiger partial charge >= 0.3 is 0 Å². The highest BCUT2D eigenvalue weighted by Gasteiger charge is 2.12. The van der Waals surface area contributed by atoms with Gasteiger partial charge in [0, 0.05) is 6.92 Å². The number of H-pyrrole nitrogens is 1. The molecule has 4 nitrogen and oxygen atoms in total. The van der Waals surface area contributed by atoms with Crippen molar-refractivity contribution in [1.82, 2.24) is 5.16 Å². The maximum Gasteiger partial charge on any atom is 0.224 e. The number of aromatic amines is 1. The molecule has 0 radical (unpaired) electrons. The SMILES string of the molecule is CCc1ccc(OC(C)=N)c2o[nH]c12. The molecule has 0 fully saturated rings. The van der Waals surface area contributed by atoms with Gasteiger partial charge in [-0.3, -0.25) is 5.41 Å². The lowest BCUT2D eigenvalue weighted by Crippen LogP contribution is -2.03. The first-order valence-electron chi connectivity index (χ1n) is 4.54. The first-order valence-corrected chi connectivity index (χ1v) is 4.54. The summed E-state index contributed by atoms with van der Waals surface area (Å²) in [5, 5.41) is 10.00. The van der Waals surface area contributed by atoms with Crippen molar-refractivity contribution < 1.29 is 9.26 Å². The van der Waals surface area contributed by atoms with Crippen molar-refractivity contribution in [2.45, 2.75) is 20.3 Å².